The van der Waals surface area contributed by atoms with E-state index in [9.17, 15) is 26.3 Å². The van der Waals surface area contributed by atoms with E-state index in [2.05, 4.69) is 0 Å². The Bertz CT molecular complexity index is 759. The lowest BCUT2D eigenvalue weighted by Crippen LogP contribution is -2.58. The first-order valence-electron chi connectivity index (χ1n) is 10.4. The second-order valence-corrected chi connectivity index (χ2v) is 26.7. The van der Waals surface area contributed by atoms with Gasteiger partial charge in [-0.25, -0.2) is 13.2 Å². The van der Waals surface area contributed by atoms with Gasteiger partial charge in [-0.1, -0.05) is 0 Å². The molecule has 0 amide bonds. The Morgan fingerprint density at radius 2 is 1.09 bits per heavy atom. The van der Waals surface area contributed by atoms with Crippen LogP contribution in [0.1, 0.15) is 12.0 Å². The lowest BCUT2D eigenvalue weighted by atomic mass is 10.1. The number of hydrogen-bond acceptors (Lipinski definition) is 3. The van der Waals surface area contributed by atoms with Crippen LogP contribution in [0, 0.1) is 17.5 Å². The van der Waals surface area contributed by atoms with Gasteiger partial charge in [0.25, 0.3) is 0 Å². The van der Waals surface area contributed by atoms with Gasteiger partial charge in [-0.05, 0) is 88.6 Å². The van der Waals surface area contributed by atoms with Crippen molar-refractivity contribution in [3.8, 4) is 0 Å². The molecule has 186 valence electrons. The minimum absolute atomic E-state index is 0.137. The number of benzene rings is 1. The van der Waals surface area contributed by atoms with Gasteiger partial charge in [0.05, 0.1) is 0 Å². The molecule has 0 aliphatic carbocycles. The van der Waals surface area contributed by atoms with Gasteiger partial charge in [0.2, 0.25) is 0 Å². The summed E-state index contributed by atoms with van der Waals surface area (Å²) in [7, 11) is -10.9. The molecule has 0 bridgehead atoms. The molecule has 0 saturated carbocycles. The van der Waals surface area contributed by atoms with Gasteiger partial charge in [-0.15, -0.1) is 0 Å². The molecule has 1 aromatic carbocycles. The topological polar surface area (TPSA) is 27.7 Å². The summed E-state index contributed by atoms with van der Waals surface area (Å²) in [4.78, 5) is 0. The molecule has 0 aliphatic heterocycles. The molecule has 1 rings (SSSR count). The molecule has 0 fully saturated rings. The largest absolute Gasteiger partial charge is 0.437 e. The summed E-state index contributed by atoms with van der Waals surface area (Å²) in [5.41, 5.74) is 0.229. The van der Waals surface area contributed by atoms with Crippen molar-refractivity contribution in [2.45, 2.75) is 83.5 Å². The summed E-state index contributed by atoms with van der Waals surface area (Å²) < 4.78 is 98.5. The first kappa shape index (κ1) is 29.6. The Morgan fingerprint density at radius 1 is 0.688 bits per heavy atom. The van der Waals surface area contributed by atoms with Crippen LogP contribution in [0.15, 0.2) is 12.1 Å². The highest BCUT2D eigenvalue weighted by molar-refractivity contribution is 6.89. The van der Waals surface area contributed by atoms with Crippen LogP contribution in [0.5, 0.6) is 0 Å². The average molecular weight is 537 g/mol. The summed E-state index contributed by atoms with van der Waals surface area (Å²) in [6, 6.07) is 1.81. The Hall–Kier alpha value is -0.452. The first-order chi connectivity index (χ1) is 14.1. The maximum absolute atomic E-state index is 13.6. The molecule has 0 heterocycles. The predicted molar refractivity (Wildman–Crippen MR) is 123 cm³/mol. The van der Waals surface area contributed by atoms with E-state index in [-0.39, 0.29) is 24.1 Å². The zero-order valence-corrected chi connectivity index (χ0v) is 24.0. The van der Waals surface area contributed by atoms with E-state index in [1.807, 2.05) is 39.3 Å². The van der Waals surface area contributed by atoms with Crippen LogP contribution in [0.3, 0.4) is 0 Å². The molecular weight excluding hydrogens is 503 g/mol. The molecule has 32 heavy (non-hydrogen) atoms. The number of alkyl halides is 3. The molecule has 1 aromatic rings. The minimum atomic E-state index is -4.35. The Labute approximate surface area is 191 Å². The molecule has 0 saturated heterocycles. The third-order valence-corrected chi connectivity index (χ3v) is 18.4. The van der Waals surface area contributed by atoms with Crippen molar-refractivity contribution in [1.29, 1.82) is 0 Å². The van der Waals surface area contributed by atoms with E-state index >= 15 is 0 Å². The average Bonchev–Trinajstić information content (AvgIpc) is 2.52. The fourth-order valence-corrected chi connectivity index (χ4v) is 21.7. The van der Waals surface area contributed by atoms with Crippen molar-refractivity contribution < 1.29 is 38.7 Å². The standard InChI is InChI=1S/C19H34F6O3Si4/c1-29(2,3)26-31(7,11-9-15-13-16(20)18(22)17(21)14-15)28-32(8,27-30(4,5)6)12-10-19(23,24)25/h13-14H,9-12H2,1-8H3. The monoisotopic (exact) mass is 536 g/mol. The van der Waals surface area contributed by atoms with E-state index < -0.39 is 63.8 Å². The Balaban J connectivity index is 3.21. The van der Waals surface area contributed by atoms with Crippen molar-refractivity contribution in [3.63, 3.8) is 0 Å². The molecule has 2 unspecified atom stereocenters. The van der Waals surface area contributed by atoms with Crippen molar-refractivity contribution in [2.24, 2.45) is 0 Å². The van der Waals surface area contributed by atoms with Gasteiger partial charge < -0.3 is 12.3 Å². The van der Waals surface area contributed by atoms with Crippen LogP contribution in [-0.4, -0.2) is 39.9 Å². The number of aryl methyl sites for hydroxylation is 1. The molecule has 0 aromatic heterocycles. The highest BCUT2D eigenvalue weighted by atomic mass is 28.5. The summed E-state index contributed by atoms with van der Waals surface area (Å²) in [6.45, 7) is 14.9. The fraction of sp³-hybridized carbons (Fsp3) is 0.684. The predicted octanol–water partition coefficient (Wildman–Crippen LogP) is 7.46. The van der Waals surface area contributed by atoms with Crippen molar-refractivity contribution in [2.75, 3.05) is 0 Å². The van der Waals surface area contributed by atoms with Crippen LogP contribution in [0.4, 0.5) is 26.3 Å². The number of rotatable bonds is 11. The zero-order chi connectivity index (χ0) is 25.2. The van der Waals surface area contributed by atoms with Crippen LogP contribution in [0.25, 0.3) is 0 Å². The van der Waals surface area contributed by atoms with Gasteiger partial charge in [0.15, 0.2) is 34.1 Å². The van der Waals surface area contributed by atoms with E-state index in [1.54, 1.807) is 13.1 Å². The van der Waals surface area contributed by atoms with Crippen LogP contribution in [-0.2, 0) is 18.8 Å². The molecule has 0 N–H and O–H groups in total. The lowest BCUT2D eigenvalue weighted by molar-refractivity contribution is -0.131. The zero-order valence-electron chi connectivity index (χ0n) is 20.0. The fourth-order valence-electron chi connectivity index (χ4n) is 3.49. The van der Waals surface area contributed by atoms with Gasteiger partial charge in [-0.3, -0.25) is 0 Å². The van der Waals surface area contributed by atoms with Gasteiger partial charge in [0, 0.05) is 6.42 Å². The maximum atomic E-state index is 13.6. The van der Waals surface area contributed by atoms with E-state index in [0.29, 0.717) is 0 Å². The highest BCUT2D eigenvalue weighted by Gasteiger charge is 2.48. The summed E-state index contributed by atoms with van der Waals surface area (Å²) in [5.74, 6) is -4.12. The van der Waals surface area contributed by atoms with Gasteiger partial charge in [-0.2, -0.15) is 13.2 Å². The molecule has 13 heteroatoms. The molecule has 3 nitrogen and oxygen atoms in total. The molecular formula is C19H34F6O3Si4. The van der Waals surface area contributed by atoms with Crippen LogP contribution < -0.4 is 0 Å². The summed E-state index contributed by atoms with van der Waals surface area (Å²) >= 11 is 0. The summed E-state index contributed by atoms with van der Waals surface area (Å²) in [6.07, 6.45) is -5.23. The van der Waals surface area contributed by atoms with Gasteiger partial charge >= 0.3 is 23.3 Å². The van der Waals surface area contributed by atoms with Gasteiger partial charge in [0.1, 0.15) is 0 Å². The van der Waals surface area contributed by atoms with Crippen molar-refractivity contribution in [1.82, 2.24) is 0 Å². The quantitative estimate of drug-likeness (QED) is 0.167. The van der Waals surface area contributed by atoms with Crippen LogP contribution >= 0.6 is 0 Å². The van der Waals surface area contributed by atoms with E-state index in [0.717, 1.165) is 12.1 Å². The van der Waals surface area contributed by atoms with E-state index in [4.69, 9.17) is 12.3 Å². The Morgan fingerprint density at radius 3 is 1.47 bits per heavy atom. The summed E-state index contributed by atoms with van der Waals surface area (Å²) in [5, 5.41) is 0. The maximum Gasteiger partial charge on any atom is 0.389 e. The second-order valence-electron chi connectivity index (χ2n) is 10.3. The highest BCUT2D eigenvalue weighted by Crippen LogP contribution is 2.34. The number of halogens is 6. The minimum Gasteiger partial charge on any atom is -0.437 e. The third-order valence-electron chi connectivity index (χ3n) is 4.25. The van der Waals surface area contributed by atoms with Crippen molar-refractivity contribution >= 4 is 33.8 Å². The Kier molecular flexibility index (Phi) is 9.65. The molecule has 0 spiro atoms. The first-order valence-corrected chi connectivity index (χ1v) is 22.3. The molecule has 0 aliphatic rings. The molecule has 0 radical (unpaired) electrons. The van der Waals surface area contributed by atoms with Crippen molar-refractivity contribution in [3.05, 3.63) is 35.1 Å². The number of hydrogen-bond donors (Lipinski definition) is 0. The SMILES string of the molecule is C[Si](C)(C)O[Si](C)(CCc1cc(F)c(F)c(F)c1)O[Si](C)(CCC(F)(F)F)O[Si](C)(C)C. The second kappa shape index (κ2) is 10.4. The molecule has 2 atom stereocenters. The smallest absolute Gasteiger partial charge is 0.389 e. The third kappa shape index (κ3) is 11.1. The van der Waals surface area contributed by atoms with E-state index in [1.165, 1.54) is 0 Å². The normalized spacial score (nSPS) is 17.2. The lowest BCUT2D eigenvalue weighted by Gasteiger charge is -2.43. The van der Waals surface area contributed by atoms with Crippen LogP contribution in [0.2, 0.25) is 64.5 Å².